The molecule has 1 aliphatic rings. The molecule has 0 spiro atoms. The van der Waals surface area contributed by atoms with Crippen molar-refractivity contribution in [2.24, 2.45) is 16.6 Å². The SMILES string of the molecule is CCC(=CCC(N)=NC(C)=O)CC1OC(COP(=O)(NC(C)C(=O)OC(C)C)Oc2ccccc2)C(CF)C1O. The fourth-order valence-electron chi connectivity index (χ4n) is 4.06. The average Bonchev–Trinajstić information content (AvgIpc) is 3.18. The van der Waals surface area contributed by atoms with Crippen LogP contribution in [-0.4, -0.2) is 66.6 Å². The Morgan fingerprint density at radius 3 is 2.50 bits per heavy atom. The van der Waals surface area contributed by atoms with Gasteiger partial charge in [0.15, 0.2) is 0 Å². The lowest BCUT2D eigenvalue weighted by Gasteiger charge is -2.25. The molecule has 2 rings (SSSR count). The number of para-hydroxylation sites is 1. The van der Waals surface area contributed by atoms with Crippen LogP contribution < -0.4 is 15.3 Å². The summed E-state index contributed by atoms with van der Waals surface area (Å²) in [6.07, 6.45) is -0.304. The Kier molecular flexibility index (Phi) is 13.4. The van der Waals surface area contributed by atoms with Crippen LogP contribution >= 0.6 is 7.75 Å². The smallest absolute Gasteiger partial charge is 0.459 e. The summed E-state index contributed by atoms with van der Waals surface area (Å²) in [4.78, 5) is 27.1. The minimum Gasteiger partial charge on any atom is -0.462 e. The molecule has 1 amide bonds. The zero-order valence-electron chi connectivity index (χ0n) is 23.6. The van der Waals surface area contributed by atoms with E-state index in [1.807, 2.05) is 6.92 Å². The summed E-state index contributed by atoms with van der Waals surface area (Å²) in [5.41, 5.74) is 6.63. The number of carbonyl (C=O) groups is 2. The molecule has 13 heteroatoms. The molecule has 224 valence electrons. The maximum absolute atomic E-state index is 14.0. The van der Waals surface area contributed by atoms with Gasteiger partial charge in [0.25, 0.3) is 0 Å². The number of alkyl halides is 1. The van der Waals surface area contributed by atoms with Crippen molar-refractivity contribution < 1.29 is 42.2 Å². The highest BCUT2D eigenvalue weighted by Crippen LogP contribution is 2.46. The molecule has 1 fully saturated rings. The van der Waals surface area contributed by atoms with E-state index in [0.717, 1.165) is 5.57 Å². The summed E-state index contributed by atoms with van der Waals surface area (Å²) in [6, 6.07) is 7.18. The van der Waals surface area contributed by atoms with Crippen LogP contribution in [0.5, 0.6) is 5.75 Å². The summed E-state index contributed by atoms with van der Waals surface area (Å²) in [5.74, 6) is -1.62. The number of amidine groups is 1. The normalized spacial score (nSPS) is 24.0. The van der Waals surface area contributed by atoms with Crippen LogP contribution in [0.2, 0.25) is 0 Å². The minimum absolute atomic E-state index is 0.160. The van der Waals surface area contributed by atoms with Gasteiger partial charge >= 0.3 is 13.7 Å². The van der Waals surface area contributed by atoms with E-state index in [4.69, 9.17) is 24.3 Å². The number of halogens is 1. The number of nitrogens with two attached hydrogens (primary N) is 1. The number of rotatable bonds is 15. The van der Waals surface area contributed by atoms with Gasteiger partial charge in [0.05, 0.1) is 37.7 Å². The molecule has 0 bridgehead atoms. The highest BCUT2D eigenvalue weighted by Gasteiger charge is 2.45. The molecule has 0 aromatic heterocycles. The van der Waals surface area contributed by atoms with Crippen molar-refractivity contribution in [3.05, 3.63) is 42.0 Å². The Morgan fingerprint density at radius 2 is 1.93 bits per heavy atom. The van der Waals surface area contributed by atoms with Gasteiger partial charge < -0.3 is 24.8 Å². The van der Waals surface area contributed by atoms with Gasteiger partial charge in [-0.1, -0.05) is 36.8 Å². The van der Waals surface area contributed by atoms with Crippen LogP contribution in [0.1, 0.15) is 53.9 Å². The molecule has 1 aromatic rings. The number of esters is 1. The number of amides is 1. The number of hydrogen-bond donors (Lipinski definition) is 3. The molecule has 1 aliphatic heterocycles. The highest BCUT2D eigenvalue weighted by molar-refractivity contribution is 7.52. The Labute approximate surface area is 234 Å². The van der Waals surface area contributed by atoms with E-state index in [0.29, 0.717) is 6.42 Å². The van der Waals surface area contributed by atoms with Gasteiger partial charge in [-0.25, -0.2) is 9.56 Å². The zero-order chi connectivity index (χ0) is 29.9. The van der Waals surface area contributed by atoms with E-state index < -0.39 is 56.6 Å². The van der Waals surface area contributed by atoms with Crippen molar-refractivity contribution in [1.82, 2.24) is 5.09 Å². The van der Waals surface area contributed by atoms with Crippen molar-refractivity contribution in [3.8, 4) is 5.75 Å². The van der Waals surface area contributed by atoms with E-state index in [9.17, 15) is 23.7 Å². The Hall–Kier alpha value is -2.63. The van der Waals surface area contributed by atoms with Crippen molar-refractivity contribution >= 4 is 25.5 Å². The molecule has 4 N–H and O–H groups in total. The molecular formula is C27H41FN3O8P. The standard InChI is InChI=1S/C27H41FN3O8P/c1-6-20(12-13-25(29)30-19(5)32)14-23-26(33)22(15-28)24(38-23)16-36-40(35,39-21-10-8-7-9-11-21)31-18(4)27(34)37-17(2)3/h7-12,17-18,22-24,26,33H,6,13-16H2,1-5H3,(H,31,35)(H2,29,30,32). The number of hydrogen-bond acceptors (Lipinski definition) is 8. The number of carbonyl (C=O) groups excluding carboxylic acids is 2. The molecule has 1 heterocycles. The van der Waals surface area contributed by atoms with Gasteiger partial charge in [-0.2, -0.15) is 5.09 Å². The number of aliphatic imine (C=N–C) groups is 1. The summed E-state index contributed by atoms with van der Waals surface area (Å²) in [5, 5.41) is 13.4. The molecule has 0 radical (unpaired) electrons. The first kappa shape index (κ1) is 33.6. The summed E-state index contributed by atoms with van der Waals surface area (Å²) < 4.78 is 50.1. The molecular weight excluding hydrogens is 544 g/mol. The van der Waals surface area contributed by atoms with Crippen molar-refractivity contribution in [1.29, 1.82) is 0 Å². The third-order valence-electron chi connectivity index (χ3n) is 6.08. The second kappa shape index (κ2) is 16.0. The maximum atomic E-state index is 14.0. The Morgan fingerprint density at radius 1 is 1.25 bits per heavy atom. The number of nitrogens with zero attached hydrogens (tertiary/aromatic N) is 1. The fourth-order valence-corrected chi connectivity index (χ4v) is 5.56. The lowest BCUT2D eigenvalue weighted by Crippen LogP contribution is -2.37. The first-order valence-electron chi connectivity index (χ1n) is 13.3. The van der Waals surface area contributed by atoms with Crippen LogP contribution in [0.4, 0.5) is 4.39 Å². The number of benzene rings is 1. The first-order chi connectivity index (χ1) is 18.9. The molecule has 1 aromatic carbocycles. The molecule has 0 saturated carbocycles. The minimum atomic E-state index is -4.19. The molecule has 6 unspecified atom stereocenters. The van der Waals surface area contributed by atoms with Crippen LogP contribution in [0, 0.1) is 5.92 Å². The molecule has 6 atom stereocenters. The summed E-state index contributed by atoms with van der Waals surface area (Å²) >= 11 is 0. The van der Waals surface area contributed by atoms with Crippen molar-refractivity contribution in [3.63, 3.8) is 0 Å². The van der Waals surface area contributed by atoms with Crippen molar-refractivity contribution in [2.75, 3.05) is 13.3 Å². The largest absolute Gasteiger partial charge is 0.462 e. The second-order valence-corrected chi connectivity index (χ2v) is 11.5. The third-order valence-corrected chi connectivity index (χ3v) is 7.72. The van der Waals surface area contributed by atoms with Crippen LogP contribution in [0.15, 0.2) is 47.0 Å². The van der Waals surface area contributed by atoms with E-state index >= 15 is 0 Å². The summed E-state index contributed by atoms with van der Waals surface area (Å²) in [6.45, 7) is 6.76. The topological polar surface area (TPSA) is 159 Å². The van der Waals surface area contributed by atoms with Gasteiger partial charge in [0.1, 0.15) is 17.6 Å². The van der Waals surface area contributed by atoms with Gasteiger partial charge in [0, 0.05) is 19.3 Å². The fraction of sp³-hybridized carbons (Fsp3) is 0.593. The van der Waals surface area contributed by atoms with Crippen LogP contribution in [-0.2, 0) is 28.2 Å². The van der Waals surface area contributed by atoms with Gasteiger partial charge in [0.2, 0.25) is 5.91 Å². The number of aliphatic hydroxyl groups excluding tert-OH is 1. The Bertz CT molecular complexity index is 1080. The monoisotopic (exact) mass is 585 g/mol. The summed E-state index contributed by atoms with van der Waals surface area (Å²) in [7, 11) is -4.19. The quantitative estimate of drug-likeness (QED) is 0.0907. The predicted molar refractivity (Wildman–Crippen MR) is 148 cm³/mol. The lowest BCUT2D eigenvalue weighted by atomic mass is 9.94. The van der Waals surface area contributed by atoms with Crippen LogP contribution in [0.3, 0.4) is 0 Å². The number of ether oxygens (including phenoxy) is 2. The molecule has 0 aliphatic carbocycles. The highest BCUT2D eigenvalue weighted by atomic mass is 31.2. The Balaban J connectivity index is 2.15. The number of aliphatic hydroxyl groups is 1. The molecule has 1 saturated heterocycles. The zero-order valence-corrected chi connectivity index (χ0v) is 24.5. The predicted octanol–water partition coefficient (Wildman–Crippen LogP) is 3.85. The number of nitrogens with one attached hydrogen (secondary N) is 1. The van der Waals surface area contributed by atoms with Crippen LogP contribution in [0.25, 0.3) is 0 Å². The average molecular weight is 586 g/mol. The van der Waals surface area contributed by atoms with Crippen molar-refractivity contribution in [2.45, 2.75) is 84.3 Å². The molecule has 11 nitrogen and oxygen atoms in total. The van der Waals surface area contributed by atoms with E-state index in [1.165, 1.54) is 13.8 Å². The molecule has 40 heavy (non-hydrogen) atoms. The van der Waals surface area contributed by atoms with E-state index in [2.05, 4.69) is 10.1 Å². The van der Waals surface area contributed by atoms with Gasteiger partial charge in [-0.05, 0) is 45.7 Å². The second-order valence-electron chi connectivity index (χ2n) is 9.80. The van der Waals surface area contributed by atoms with Gasteiger partial charge in [-0.3, -0.25) is 18.5 Å². The first-order valence-corrected chi connectivity index (χ1v) is 14.8. The maximum Gasteiger partial charge on any atom is 0.459 e. The lowest BCUT2D eigenvalue weighted by molar-refractivity contribution is -0.149. The third kappa shape index (κ3) is 10.7. The van der Waals surface area contributed by atoms with Gasteiger partial charge in [-0.15, -0.1) is 0 Å². The van der Waals surface area contributed by atoms with E-state index in [-0.39, 0.29) is 37.1 Å². The van der Waals surface area contributed by atoms with E-state index in [1.54, 1.807) is 50.3 Å².